The number of hydrogen-bond donors (Lipinski definition) is 1. The number of rotatable bonds is 6. The smallest absolute Gasteiger partial charge is 0.124 e. The van der Waals surface area contributed by atoms with Gasteiger partial charge in [0.1, 0.15) is 5.75 Å². The Morgan fingerprint density at radius 1 is 1.44 bits per heavy atom. The van der Waals surface area contributed by atoms with E-state index in [1.54, 1.807) is 0 Å². The molecule has 1 atom stereocenters. The van der Waals surface area contributed by atoms with Crippen molar-refractivity contribution in [1.29, 1.82) is 5.26 Å². The van der Waals surface area contributed by atoms with E-state index in [9.17, 15) is 0 Å². The first-order valence-electron chi connectivity index (χ1n) is 5.61. The molecular weight excluding hydrogens is 200 g/mol. The van der Waals surface area contributed by atoms with Gasteiger partial charge in [-0.2, -0.15) is 5.26 Å². The van der Waals surface area contributed by atoms with Gasteiger partial charge in [-0.15, -0.1) is 0 Å². The lowest BCUT2D eigenvalue weighted by atomic mass is 10.1. The number of nitrogens with one attached hydrogen (secondary N) is 1. The second-order valence-corrected chi connectivity index (χ2v) is 3.55. The highest BCUT2D eigenvalue weighted by molar-refractivity contribution is 5.35. The fraction of sp³-hybridized carbons (Fsp3) is 0.462. The number of para-hydroxylation sites is 1. The minimum atomic E-state index is 0.205. The molecule has 0 saturated carbocycles. The zero-order valence-corrected chi connectivity index (χ0v) is 9.86. The molecule has 86 valence electrons. The summed E-state index contributed by atoms with van der Waals surface area (Å²) in [5.74, 6) is 0.918. The first kappa shape index (κ1) is 12.5. The molecule has 1 aromatic carbocycles. The van der Waals surface area contributed by atoms with Crippen molar-refractivity contribution in [2.45, 2.75) is 26.3 Å². The highest BCUT2D eigenvalue weighted by Crippen LogP contribution is 2.24. The van der Waals surface area contributed by atoms with Crippen LogP contribution in [0.4, 0.5) is 0 Å². The van der Waals surface area contributed by atoms with Crippen molar-refractivity contribution in [2.75, 3.05) is 13.2 Å². The molecule has 16 heavy (non-hydrogen) atoms. The number of benzene rings is 1. The van der Waals surface area contributed by atoms with Crippen LogP contribution in [-0.2, 0) is 0 Å². The molecule has 0 spiro atoms. The van der Waals surface area contributed by atoms with Crippen LogP contribution in [0, 0.1) is 11.3 Å². The molecule has 0 amide bonds. The summed E-state index contributed by atoms with van der Waals surface area (Å²) < 4.78 is 5.56. The Kier molecular flexibility index (Phi) is 5.38. The van der Waals surface area contributed by atoms with Gasteiger partial charge in [-0.05, 0) is 19.9 Å². The predicted octanol–water partition coefficient (Wildman–Crippen LogP) is 2.65. The molecule has 0 fully saturated rings. The summed E-state index contributed by atoms with van der Waals surface area (Å²) in [5, 5.41) is 11.8. The van der Waals surface area contributed by atoms with Crippen molar-refractivity contribution in [3.8, 4) is 11.8 Å². The number of hydrogen-bond acceptors (Lipinski definition) is 3. The number of ether oxygens (including phenoxy) is 1. The van der Waals surface area contributed by atoms with Gasteiger partial charge in [0.15, 0.2) is 0 Å². The van der Waals surface area contributed by atoms with Crippen molar-refractivity contribution < 1.29 is 4.74 Å². The molecule has 1 aromatic rings. The standard InChI is InChI=1S/C13H18N2O/c1-3-16-13-8-5-4-7-12(13)11(2)15-10-6-9-14/h4-5,7-8,11,15H,3,6,10H2,1-2H3. The molecular formula is C13H18N2O. The molecule has 1 unspecified atom stereocenters. The lowest BCUT2D eigenvalue weighted by molar-refractivity contribution is 0.332. The summed E-state index contributed by atoms with van der Waals surface area (Å²) in [4.78, 5) is 0. The predicted molar refractivity (Wildman–Crippen MR) is 64.3 cm³/mol. The molecule has 1 rings (SSSR count). The van der Waals surface area contributed by atoms with Gasteiger partial charge in [-0.25, -0.2) is 0 Å². The quantitative estimate of drug-likeness (QED) is 0.746. The first-order valence-corrected chi connectivity index (χ1v) is 5.61. The Morgan fingerprint density at radius 2 is 2.19 bits per heavy atom. The zero-order chi connectivity index (χ0) is 11.8. The second-order valence-electron chi connectivity index (χ2n) is 3.55. The third-order valence-corrected chi connectivity index (χ3v) is 2.37. The third-order valence-electron chi connectivity index (χ3n) is 2.37. The van der Waals surface area contributed by atoms with E-state index in [2.05, 4.69) is 24.4 Å². The van der Waals surface area contributed by atoms with E-state index in [1.807, 2.05) is 25.1 Å². The normalized spacial score (nSPS) is 11.8. The van der Waals surface area contributed by atoms with E-state index >= 15 is 0 Å². The highest BCUT2D eigenvalue weighted by atomic mass is 16.5. The lowest BCUT2D eigenvalue weighted by Crippen LogP contribution is -2.20. The van der Waals surface area contributed by atoms with E-state index in [-0.39, 0.29) is 6.04 Å². The van der Waals surface area contributed by atoms with Crippen LogP contribution in [0.25, 0.3) is 0 Å². The van der Waals surface area contributed by atoms with E-state index in [4.69, 9.17) is 10.00 Å². The molecule has 1 N–H and O–H groups in total. The van der Waals surface area contributed by atoms with Crippen molar-refractivity contribution in [3.05, 3.63) is 29.8 Å². The van der Waals surface area contributed by atoms with Crippen LogP contribution in [0.1, 0.15) is 31.9 Å². The van der Waals surface area contributed by atoms with E-state index in [1.165, 1.54) is 0 Å². The summed E-state index contributed by atoms with van der Waals surface area (Å²) in [5.41, 5.74) is 1.14. The Balaban J connectivity index is 2.66. The fourth-order valence-electron chi connectivity index (χ4n) is 1.58. The summed E-state index contributed by atoms with van der Waals surface area (Å²) in [6, 6.07) is 10.3. The topological polar surface area (TPSA) is 45.0 Å². The number of nitrogens with zero attached hydrogens (tertiary/aromatic N) is 1. The Morgan fingerprint density at radius 3 is 2.88 bits per heavy atom. The average Bonchev–Trinajstić information content (AvgIpc) is 2.30. The van der Waals surface area contributed by atoms with Gasteiger partial charge in [0.25, 0.3) is 0 Å². The molecule has 3 heteroatoms. The maximum Gasteiger partial charge on any atom is 0.124 e. The largest absolute Gasteiger partial charge is 0.494 e. The molecule has 0 aliphatic carbocycles. The van der Waals surface area contributed by atoms with Crippen LogP contribution in [0.15, 0.2) is 24.3 Å². The SMILES string of the molecule is CCOc1ccccc1C(C)NCCC#N. The third kappa shape index (κ3) is 3.56. The molecule has 0 heterocycles. The molecule has 0 aliphatic rings. The molecule has 3 nitrogen and oxygen atoms in total. The van der Waals surface area contributed by atoms with E-state index in [0.29, 0.717) is 19.6 Å². The lowest BCUT2D eigenvalue weighted by Gasteiger charge is -2.17. The highest BCUT2D eigenvalue weighted by Gasteiger charge is 2.09. The second kappa shape index (κ2) is 6.86. The van der Waals surface area contributed by atoms with Crippen LogP contribution in [-0.4, -0.2) is 13.2 Å². The van der Waals surface area contributed by atoms with Gasteiger partial charge >= 0.3 is 0 Å². The molecule has 0 radical (unpaired) electrons. The average molecular weight is 218 g/mol. The summed E-state index contributed by atoms with van der Waals surface area (Å²) in [7, 11) is 0. The van der Waals surface area contributed by atoms with Crippen LogP contribution < -0.4 is 10.1 Å². The van der Waals surface area contributed by atoms with Crippen molar-refractivity contribution in [1.82, 2.24) is 5.32 Å². The molecule has 0 aliphatic heterocycles. The van der Waals surface area contributed by atoms with E-state index in [0.717, 1.165) is 11.3 Å². The summed E-state index contributed by atoms with van der Waals surface area (Å²) >= 11 is 0. The van der Waals surface area contributed by atoms with Crippen molar-refractivity contribution >= 4 is 0 Å². The maximum absolute atomic E-state index is 8.47. The minimum Gasteiger partial charge on any atom is -0.494 e. The molecule has 0 bridgehead atoms. The Labute approximate surface area is 97.0 Å². The van der Waals surface area contributed by atoms with Gasteiger partial charge in [0.05, 0.1) is 12.7 Å². The van der Waals surface area contributed by atoms with Gasteiger partial charge in [0, 0.05) is 24.6 Å². The van der Waals surface area contributed by atoms with Crippen molar-refractivity contribution in [2.24, 2.45) is 0 Å². The zero-order valence-electron chi connectivity index (χ0n) is 9.86. The van der Waals surface area contributed by atoms with E-state index < -0.39 is 0 Å². The monoisotopic (exact) mass is 218 g/mol. The van der Waals surface area contributed by atoms with Gasteiger partial charge in [0.2, 0.25) is 0 Å². The van der Waals surface area contributed by atoms with Crippen LogP contribution in [0.2, 0.25) is 0 Å². The molecule has 0 saturated heterocycles. The van der Waals surface area contributed by atoms with Gasteiger partial charge in [-0.1, -0.05) is 18.2 Å². The maximum atomic E-state index is 8.47. The van der Waals surface area contributed by atoms with Gasteiger partial charge < -0.3 is 10.1 Å². The van der Waals surface area contributed by atoms with Gasteiger partial charge in [-0.3, -0.25) is 0 Å². The van der Waals surface area contributed by atoms with Crippen LogP contribution >= 0.6 is 0 Å². The van der Waals surface area contributed by atoms with Crippen LogP contribution in [0.3, 0.4) is 0 Å². The Bertz CT molecular complexity index is 357. The summed E-state index contributed by atoms with van der Waals surface area (Å²) in [6.45, 7) is 5.43. The van der Waals surface area contributed by atoms with Crippen LogP contribution in [0.5, 0.6) is 5.75 Å². The fourth-order valence-corrected chi connectivity index (χ4v) is 1.58. The minimum absolute atomic E-state index is 0.205. The Hall–Kier alpha value is -1.53. The van der Waals surface area contributed by atoms with Crippen molar-refractivity contribution in [3.63, 3.8) is 0 Å². The summed E-state index contributed by atoms with van der Waals surface area (Å²) in [6.07, 6.45) is 0.529. The molecule has 0 aromatic heterocycles. The first-order chi connectivity index (χ1) is 7.79. The number of nitriles is 1.